The zero-order valence-corrected chi connectivity index (χ0v) is 10.1. The first-order valence-corrected chi connectivity index (χ1v) is 6.14. The molecule has 0 aliphatic carbocycles. The van der Waals surface area contributed by atoms with E-state index < -0.39 is 0 Å². The van der Waals surface area contributed by atoms with Crippen molar-refractivity contribution >= 4 is 5.82 Å². The minimum atomic E-state index is 0.986. The molecule has 0 N–H and O–H groups in total. The zero-order valence-electron chi connectivity index (χ0n) is 10.1. The van der Waals surface area contributed by atoms with Gasteiger partial charge in [0, 0.05) is 19.3 Å². The third-order valence-electron chi connectivity index (χ3n) is 3.43. The minimum Gasteiger partial charge on any atom is -0.348 e. The van der Waals surface area contributed by atoms with Gasteiger partial charge in [-0.25, -0.2) is 4.98 Å². The standard InChI is InChI=1S/C15H16N2/c1-2-12-6-5-7-13-10-17(11-14(12)13)15-8-3-4-9-16-15/h3-9H,2,10-11H2,1H3. The molecule has 2 aromatic rings. The van der Waals surface area contributed by atoms with Gasteiger partial charge in [0.15, 0.2) is 0 Å². The average molecular weight is 224 g/mol. The van der Waals surface area contributed by atoms with Gasteiger partial charge in [0.1, 0.15) is 5.82 Å². The van der Waals surface area contributed by atoms with Gasteiger partial charge in [0.05, 0.1) is 0 Å². The van der Waals surface area contributed by atoms with Crippen LogP contribution in [0, 0.1) is 0 Å². The summed E-state index contributed by atoms with van der Waals surface area (Å²) in [6.07, 6.45) is 2.97. The Hall–Kier alpha value is -1.83. The molecule has 0 amide bonds. The van der Waals surface area contributed by atoms with Gasteiger partial charge in [0.25, 0.3) is 0 Å². The van der Waals surface area contributed by atoms with Crippen molar-refractivity contribution in [2.24, 2.45) is 0 Å². The van der Waals surface area contributed by atoms with Crippen LogP contribution in [0.3, 0.4) is 0 Å². The highest BCUT2D eigenvalue weighted by atomic mass is 15.2. The second-order valence-corrected chi connectivity index (χ2v) is 4.45. The van der Waals surface area contributed by atoms with Crippen molar-refractivity contribution in [3.8, 4) is 0 Å². The van der Waals surface area contributed by atoms with Gasteiger partial charge in [0.2, 0.25) is 0 Å². The van der Waals surface area contributed by atoms with Crippen molar-refractivity contribution < 1.29 is 0 Å². The van der Waals surface area contributed by atoms with Crippen LogP contribution >= 0.6 is 0 Å². The van der Waals surface area contributed by atoms with E-state index in [-0.39, 0.29) is 0 Å². The number of aromatic nitrogens is 1. The summed E-state index contributed by atoms with van der Waals surface area (Å²) < 4.78 is 0. The Bertz CT molecular complexity index is 520. The van der Waals surface area contributed by atoms with E-state index in [9.17, 15) is 0 Å². The molecule has 0 bridgehead atoms. The zero-order chi connectivity index (χ0) is 11.7. The molecular formula is C15H16N2. The first kappa shape index (κ1) is 10.3. The highest BCUT2D eigenvalue weighted by molar-refractivity contribution is 5.49. The molecule has 0 saturated heterocycles. The fraction of sp³-hybridized carbons (Fsp3) is 0.267. The maximum Gasteiger partial charge on any atom is 0.129 e. The van der Waals surface area contributed by atoms with E-state index >= 15 is 0 Å². The second kappa shape index (κ2) is 4.21. The molecule has 86 valence electrons. The molecule has 0 radical (unpaired) electrons. The number of pyridine rings is 1. The summed E-state index contributed by atoms with van der Waals surface area (Å²) >= 11 is 0. The van der Waals surface area contributed by atoms with Crippen LogP contribution < -0.4 is 4.90 Å². The third-order valence-corrected chi connectivity index (χ3v) is 3.43. The van der Waals surface area contributed by atoms with Crippen LogP contribution in [0.4, 0.5) is 5.82 Å². The summed E-state index contributed by atoms with van der Waals surface area (Å²) in [7, 11) is 0. The van der Waals surface area contributed by atoms with E-state index in [1.807, 2.05) is 18.3 Å². The van der Waals surface area contributed by atoms with Gasteiger partial charge in [-0.2, -0.15) is 0 Å². The third kappa shape index (κ3) is 1.80. The van der Waals surface area contributed by atoms with Gasteiger partial charge in [-0.15, -0.1) is 0 Å². The molecule has 0 atom stereocenters. The highest BCUT2D eigenvalue weighted by Gasteiger charge is 2.21. The van der Waals surface area contributed by atoms with Gasteiger partial charge < -0.3 is 4.90 Å². The van der Waals surface area contributed by atoms with Crippen LogP contribution in [0.15, 0.2) is 42.6 Å². The summed E-state index contributed by atoms with van der Waals surface area (Å²) in [6.45, 7) is 4.20. The Morgan fingerprint density at radius 2 is 2.06 bits per heavy atom. The smallest absolute Gasteiger partial charge is 0.129 e. The molecule has 3 rings (SSSR count). The molecule has 0 spiro atoms. The molecule has 2 heteroatoms. The predicted octanol–water partition coefficient (Wildman–Crippen LogP) is 3.16. The quantitative estimate of drug-likeness (QED) is 0.779. The monoisotopic (exact) mass is 224 g/mol. The van der Waals surface area contributed by atoms with Crippen LogP contribution in [0.25, 0.3) is 0 Å². The summed E-state index contributed by atoms with van der Waals surface area (Å²) in [5.41, 5.74) is 4.43. The maximum absolute atomic E-state index is 4.43. The van der Waals surface area contributed by atoms with Crippen molar-refractivity contribution in [3.05, 3.63) is 59.3 Å². The largest absolute Gasteiger partial charge is 0.348 e. The Morgan fingerprint density at radius 1 is 1.12 bits per heavy atom. The number of fused-ring (bicyclic) bond motifs is 1. The first-order chi connectivity index (χ1) is 8.38. The summed E-state index contributed by atoms with van der Waals surface area (Å²) in [5, 5.41) is 0. The molecular weight excluding hydrogens is 208 g/mol. The number of aryl methyl sites for hydroxylation is 1. The van der Waals surface area contributed by atoms with E-state index in [1.54, 1.807) is 0 Å². The van der Waals surface area contributed by atoms with Crippen LogP contribution in [0.2, 0.25) is 0 Å². The van der Waals surface area contributed by atoms with Crippen LogP contribution in [-0.4, -0.2) is 4.98 Å². The second-order valence-electron chi connectivity index (χ2n) is 4.45. The fourth-order valence-corrected chi connectivity index (χ4v) is 2.53. The van der Waals surface area contributed by atoms with Gasteiger partial charge in [-0.1, -0.05) is 31.2 Å². The summed E-state index contributed by atoms with van der Waals surface area (Å²) in [5.74, 6) is 1.07. The number of nitrogens with zero attached hydrogens (tertiary/aromatic N) is 2. The van der Waals surface area contributed by atoms with Crippen molar-refractivity contribution in [1.29, 1.82) is 0 Å². The van der Waals surface area contributed by atoms with Crippen LogP contribution in [0.1, 0.15) is 23.6 Å². The lowest BCUT2D eigenvalue weighted by atomic mass is 10.0. The molecule has 17 heavy (non-hydrogen) atoms. The first-order valence-electron chi connectivity index (χ1n) is 6.14. The number of hydrogen-bond donors (Lipinski definition) is 0. The summed E-state index contributed by atoms with van der Waals surface area (Å²) in [4.78, 5) is 6.76. The SMILES string of the molecule is CCc1cccc2c1CN(c1ccccn1)C2. The lowest BCUT2D eigenvalue weighted by Gasteiger charge is -2.15. The van der Waals surface area contributed by atoms with Crippen LogP contribution in [-0.2, 0) is 19.5 Å². The molecule has 0 unspecified atom stereocenters. The Balaban J connectivity index is 1.93. The fourth-order valence-electron chi connectivity index (χ4n) is 2.53. The molecule has 2 heterocycles. The number of benzene rings is 1. The van der Waals surface area contributed by atoms with E-state index in [0.29, 0.717) is 0 Å². The summed E-state index contributed by atoms with van der Waals surface area (Å²) in [6, 6.07) is 12.7. The highest BCUT2D eigenvalue weighted by Crippen LogP contribution is 2.29. The molecule has 1 aliphatic rings. The molecule has 2 nitrogen and oxygen atoms in total. The van der Waals surface area contributed by atoms with Crippen LogP contribution in [0.5, 0.6) is 0 Å². The molecule has 1 aliphatic heterocycles. The van der Waals surface area contributed by atoms with E-state index in [4.69, 9.17) is 0 Å². The van der Waals surface area contributed by atoms with Crippen molar-refractivity contribution in [3.63, 3.8) is 0 Å². The lowest BCUT2D eigenvalue weighted by Crippen LogP contribution is -2.15. The van der Waals surface area contributed by atoms with Gasteiger partial charge >= 0.3 is 0 Å². The maximum atomic E-state index is 4.43. The van der Waals surface area contributed by atoms with Crippen molar-refractivity contribution in [2.45, 2.75) is 26.4 Å². The van der Waals surface area contributed by atoms with Crippen molar-refractivity contribution in [2.75, 3.05) is 4.90 Å². The molecule has 0 saturated carbocycles. The Morgan fingerprint density at radius 3 is 2.82 bits per heavy atom. The predicted molar refractivity (Wildman–Crippen MR) is 69.9 cm³/mol. The number of rotatable bonds is 2. The lowest BCUT2D eigenvalue weighted by molar-refractivity contribution is 0.853. The average Bonchev–Trinajstić information content (AvgIpc) is 2.83. The van der Waals surface area contributed by atoms with E-state index in [0.717, 1.165) is 25.3 Å². The minimum absolute atomic E-state index is 0.986. The number of hydrogen-bond acceptors (Lipinski definition) is 2. The van der Waals surface area contributed by atoms with Gasteiger partial charge in [-0.05, 0) is 35.2 Å². The Labute approximate surface area is 102 Å². The van der Waals surface area contributed by atoms with Crippen molar-refractivity contribution in [1.82, 2.24) is 4.98 Å². The van der Waals surface area contributed by atoms with Gasteiger partial charge in [-0.3, -0.25) is 0 Å². The molecule has 1 aromatic carbocycles. The molecule has 0 fully saturated rings. The van der Waals surface area contributed by atoms with E-state index in [1.165, 1.54) is 16.7 Å². The molecule has 1 aromatic heterocycles. The topological polar surface area (TPSA) is 16.1 Å². The van der Waals surface area contributed by atoms with E-state index in [2.05, 4.69) is 41.1 Å². The number of anilines is 1. The Kier molecular flexibility index (Phi) is 2.56. The normalized spacial score (nSPS) is 13.8.